The van der Waals surface area contributed by atoms with Crippen LogP contribution in [0.25, 0.3) is 33.3 Å². The number of benzene rings is 1. The fraction of sp³-hybridized carbons (Fsp3) is 0.200. The summed E-state index contributed by atoms with van der Waals surface area (Å²) in [5, 5.41) is 8.14. The zero-order chi connectivity index (χ0) is 22.9. The maximum atomic E-state index is 6.15. The minimum atomic E-state index is 0.470. The summed E-state index contributed by atoms with van der Waals surface area (Å²) in [6.45, 7) is 1.10. The molecule has 5 heterocycles. The van der Waals surface area contributed by atoms with Gasteiger partial charge in [0.2, 0.25) is 11.8 Å². The van der Waals surface area contributed by atoms with Crippen molar-refractivity contribution in [1.82, 2.24) is 19.9 Å². The van der Waals surface area contributed by atoms with Crippen molar-refractivity contribution in [2.75, 3.05) is 30.9 Å². The molecule has 1 aliphatic rings. The summed E-state index contributed by atoms with van der Waals surface area (Å²) < 4.78 is 18.0. The molecule has 0 unspecified atom stereocenters. The third kappa shape index (κ3) is 3.71. The lowest BCUT2D eigenvalue weighted by Crippen LogP contribution is -2.04. The highest BCUT2D eigenvalue weighted by Crippen LogP contribution is 2.36. The monoisotopic (exact) mass is 454 g/mol. The second-order valence-electron chi connectivity index (χ2n) is 7.90. The molecule has 1 aliphatic heterocycles. The fourth-order valence-electron chi connectivity index (χ4n) is 3.99. The molecule has 9 nitrogen and oxygen atoms in total. The number of para-hydroxylation sites is 1. The lowest BCUT2D eigenvalue weighted by Gasteiger charge is -2.12. The summed E-state index contributed by atoms with van der Waals surface area (Å²) in [6.07, 6.45) is 5.21. The predicted molar refractivity (Wildman–Crippen MR) is 130 cm³/mol. The third-order valence-electron chi connectivity index (χ3n) is 5.65. The number of aromatic nitrogens is 4. The number of hydrogen-bond acceptors (Lipinski definition) is 9. The summed E-state index contributed by atoms with van der Waals surface area (Å²) in [4.78, 5) is 18.5. The molecule has 4 aromatic heterocycles. The summed E-state index contributed by atoms with van der Waals surface area (Å²) in [5.41, 5.74) is 2.10. The van der Waals surface area contributed by atoms with Crippen molar-refractivity contribution in [3.05, 3.63) is 54.9 Å². The molecule has 0 fully saturated rings. The van der Waals surface area contributed by atoms with E-state index in [4.69, 9.17) is 18.9 Å². The maximum Gasteiger partial charge on any atom is 0.229 e. The molecule has 5 aromatic rings. The number of nitrogens with one attached hydrogen (secondary N) is 2. The van der Waals surface area contributed by atoms with Gasteiger partial charge in [-0.05, 0) is 37.1 Å². The SMILES string of the molecule is CNc1ncc2c3cc(ncc13)Nc1cccc(n1)OCCCCOc1cccc3oc-2nc13. The quantitative estimate of drug-likeness (QED) is 0.355. The summed E-state index contributed by atoms with van der Waals surface area (Å²) in [6, 6.07) is 13.3. The van der Waals surface area contributed by atoms with E-state index >= 15 is 0 Å². The standard InChI is InChI=1S/C25H22N6O3/c1-26-24-16-13-27-21-12-15(16)17(14-28-24)25-31-23-18(6-4-7-19(23)34-25)32-10-2-3-11-33-22-9-5-8-20(29-21)30-22/h4-9,12-14H,2-3,10-11H2,1H3,(H,26,28)(H,27,29,30). The van der Waals surface area contributed by atoms with Gasteiger partial charge in [0.15, 0.2) is 11.1 Å². The average Bonchev–Trinajstić information content (AvgIpc) is 3.30. The lowest BCUT2D eigenvalue weighted by molar-refractivity contribution is 0.262. The van der Waals surface area contributed by atoms with E-state index in [0.29, 0.717) is 59.3 Å². The molecule has 0 saturated carbocycles. The number of rotatable bonds is 1. The van der Waals surface area contributed by atoms with Gasteiger partial charge >= 0.3 is 0 Å². The molecular formula is C25H22N6O3. The Morgan fingerprint density at radius 2 is 1.76 bits per heavy atom. The van der Waals surface area contributed by atoms with E-state index in [1.54, 1.807) is 12.4 Å². The van der Waals surface area contributed by atoms with E-state index in [0.717, 1.165) is 29.2 Å². The van der Waals surface area contributed by atoms with Crippen molar-refractivity contribution in [2.24, 2.45) is 0 Å². The Kier molecular flexibility index (Phi) is 5.06. The number of hydrogen-bond donors (Lipinski definition) is 2. The van der Waals surface area contributed by atoms with Gasteiger partial charge in [-0.1, -0.05) is 12.1 Å². The van der Waals surface area contributed by atoms with Gasteiger partial charge in [0, 0.05) is 36.3 Å². The first-order chi connectivity index (χ1) is 16.8. The van der Waals surface area contributed by atoms with Crippen molar-refractivity contribution < 1.29 is 13.9 Å². The lowest BCUT2D eigenvalue weighted by atomic mass is 10.1. The zero-order valence-electron chi connectivity index (χ0n) is 18.5. The minimum Gasteiger partial charge on any atom is -0.491 e. The van der Waals surface area contributed by atoms with Crippen LogP contribution in [0.15, 0.2) is 59.3 Å². The first-order valence-corrected chi connectivity index (χ1v) is 11.1. The molecular weight excluding hydrogens is 432 g/mol. The number of ether oxygens (including phenoxy) is 2. The Balaban J connectivity index is 1.53. The molecule has 34 heavy (non-hydrogen) atoms. The number of pyridine rings is 3. The molecule has 6 rings (SSSR count). The van der Waals surface area contributed by atoms with E-state index < -0.39 is 0 Å². The van der Waals surface area contributed by atoms with Crippen LogP contribution < -0.4 is 20.1 Å². The molecule has 0 aliphatic carbocycles. The molecule has 9 heteroatoms. The number of anilines is 3. The van der Waals surface area contributed by atoms with E-state index in [9.17, 15) is 0 Å². The molecule has 0 amide bonds. The van der Waals surface area contributed by atoms with Gasteiger partial charge in [-0.15, -0.1) is 0 Å². The third-order valence-corrected chi connectivity index (χ3v) is 5.65. The van der Waals surface area contributed by atoms with E-state index in [1.807, 2.05) is 49.5 Å². The maximum absolute atomic E-state index is 6.15. The van der Waals surface area contributed by atoms with Crippen LogP contribution in [0.4, 0.5) is 17.5 Å². The van der Waals surface area contributed by atoms with Crippen molar-refractivity contribution in [1.29, 1.82) is 0 Å². The highest BCUT2D eigenvalue weighted by atomic mass is 16.5. The molecule has 2 N–H and O–H groups in total. The van der Waals surface area contributed by atoms with Gasteiger partial charge in [-0.25, -0.2) is 15.0 Å². The average molecular weight is 454 g/mol. The van der Waals surface area contributed by atoms with Gasteiger partial charge in [-0.2, -0.15) is 4.98 Å². The Morgan fingerprint density at radius 1 is 0.882 bits per heavy atom. The molecule has 0 radical (unpaired) electrons. The number of nitrogens with zero attached hydrogens (tertiary/aromatic N) is 4. The van der Waals surface area contributed by atoms with Crippen LogP contribution in [0.5, 0.6) is 11.6 Å². The topological polar surface area (TPSA) is 107 Å². The molecule has 6 bridgehead atoms. The molecule has 0 atom stereocenters. The highest BCUT2D eigenvalue weighted by molar-refractivity contribution is 6.02. The Labute approximate surface area is 195 Å². The first kappa shape index (κ1) is 20.2. The Hall–Kier alpha value is -4.40. The molecule has 0 saturated heterocycles. The Bertz CT molecular complexity index is 1500. The highest BCUT2D eigenvalue weighted by Gasteiger charge is 2.18. The van der Waals surface area contributed by atoms with E-state index in [1.165, 1.54) is 0 Å². The van der Waals surface area contributed by atoms with Crippen LogP contribution in [0.1, 0.15) is 12.8 Å². The van der Waals surface area contributed by atoms with Crippen molar-refractivity contribution in [3.8, 4) is 23.1 Å². The predicted octanol–water partition coefficient (Wildman–Crippen LogP) is 5.17. The second kappa shape index (κ2) is 8.51. The molecule has 170 valence electrons. The van der Waals surface area contributed by atoms with Crippen LogP contribution in [0.2, 0.25) is 0 Å². The smallest absolute Gasteiger partial charge is 0.229 e. The molecule has 0 spiro atoms. The second-order valence-corrected chi connectivity index (χ2v) is 7.90. The summed E-state index contributed by atoms with van der Waals surface area (Å²) >= 11 is 0. The van der Waals surface area contributed by atoms with Gasteiger partial charge < -0.3 is 24.5 Å². The van der Waals surface area contributed by atoms with Gasteiger partial charge in [0.1, 0.15) is 23.2 Å². The van der Waals surface area contributed by atoms with Crippen LogP contribution in [-0.4, -0.2) is 40.2 Å². The van der Waals surface area contributed by atoms with Gasteiger partial charge in [-0.3, -0.25) is 0 Å². The van der Waals surface area contributed by atoms with Gasteiger partial charge in [0.25, 0.3) is 0 Å². The summed E-state index contributed by atoms with van der Waals surface area (Å²) in [7, 11) is 1.83. The Morgan fingerprint density at radius 3 is 2.68 bits per heavy atom. The van der Waals surface area contributed by atoms with Crippen LogP contribution in [-0.2, 0) is 0 Å². The van der Waals surface area contributed by atoms with E-state index in [-0.39, 0.29) is 0 Å². The van der Waals surface area contributed by atoms with Gasteiger partial charge in [0.05, 0.1) is 18.8 Å². The van der Waals surface area contributed by atoms with Crippen molar-refractivity contribution in [3.63, 3.8) is 0 Å². The largest absolute Gasteiger partial charge is 0.491 e. The van der Waals surface area contributed by atoms with E-state index in [2.05, 4.69) is 25.6 Å². The normalized spacial score (nSPS) is 13.7. The number of fused-ring (bicyclic) bond motifs is 5. The van der Waals surface area contributed by atoms with Crippen LogP contribution in [0, 0.1) is 0 Å². The molecule has 1 aromatic carbocycles. The van der Waals surface area contributed by atoms with Crippen LogP contribution in [0.3, 0.4) is 0 Å². The first-order valence-electron chi connectivity index (χ1n) is 11.1. The number of oxazole rings is 1. The van der Waals surface area contributed by atoms with Crippen LogP contribution >= 0.6 is 0 Å². The van der Waals surface area contributed by atoms with Crippen molar-refractivity contribution >= 4 is 39.3 Å². The van der Waals surface area contributed by atoms with Crippen molar-refractivity contribution in [2.45, 2.75) is 12.8 Å². The minimum absolute atomic E-state index is 0.470. The summed E-state index contributed by atoms with van der Waals surface area (Å²) in [5.74, 6) is 3.71. The zero-order valence-corrected chi connectivity index (χ0v) is 18.5. The fourth-order valence-corrected chi connectivity index (χ4v) is 3.99.